The van der Waals surface area contributed by atoms with Gasteiger partial charge in [0.15, 0.2) is 0 Å². The predicted molar refractivity (Wildman–Crippen MR) is 43.0 cm³/mol. The van der Waals surface area contributed by atoms with Crippen LogP contribution in [0.3, 0.4) is 0 Å². The highest BCUT2D eigenvalue weighted by Gasteiger charge is 2.26. The molecule has 0 atom stereocenters. The Morgan fingerprint density at radius 3 is 1.90 bits per heavy atom. The molecule has 1 fully saturated rings. The third-order valence-corrected chi connectivity index (χ3v) is 2.37. The molecule has 59 valence electrons. The average molecular weight is 141 g/mol. The topological polar surface area (TPSA) is 52.0 Å². The summed E-state index contributed by atoms with van der Waals surface area (Å²) in [5.41, 5.74) is 10.7. The molecular formula is C8H17N2. The lowest BCUT2D eigenvalue weighted by Crippen LogP contribution is -2.53. The second kappa shape index (κ2) is 2.89. The van der Waals surface area contributed by atoms with Crippen molar-refractivity contribution in [2.24, 2.45) is 17.4 Å². The van der Waals surface area contributed by atoms with E-state index in [4.69, 9.17) is 11.5 Å². The first-order valence-corrected chi connectivity index (χ1v) is 4.04. The molecule has 0 aromatic heterocycles. The lowest BCUT2D eigenvalue weighted by atomic mass is 9.81. The van der Waals surface area contributed by atoms with Crippen molar-refractivity contribution >= 4 is 0 Å². The van der Waals surface area contributed by atoms with Crippen molar-refractivity contribution in [3.05, 3.63) is 6.92 Å². The lowest BCUT2D eigenvalue weighted by Gasteiger charge is -2.32. The standard InChI is InChI=1S/C8H17N2/c1-8(9,10)7-5-3-2-4-6-7/h7H,1-6,9-10H2. The molecule has 1 saturated carbocycles. The Labute approximate surface area is 63.0 Å². The van der Waals surface area contributed by atoms with E-state index in [9.17, 15) is 0 Å². The molecule has 0 unspecified atom stereocenters. The summed E-state index contributed by atoms with van der Waals surface area (Å²) in [7, 11) is 0. The molecule has 0 saturated heterocycles. The Kier molecular flexibility index (Phi) is 2.32. The van der Waals surface area contributed by atoms with E-state index in [1.165, 1.54) is 19.3 Å². The Morgan fingerprint density at radius 2 is 1.60 bits per heavy atom. The van der Waals surface area contributed by atoms with Gasteiger partial charge in [0.1, 0.15) is 0 Å². The van der Waals surface area contributed by atoms with E-state index < -0.39 is 5.66 Å². The van der Waals surface area contributed by atoms with Crippen molar-refractivity contribution in [3.63, 3.8) is 0 Å². The number of nitrogens with two attached hydrogens (primary N) is 2. The van der Waals surface area contributed by atoms with E-state index in [1.807, 2.05) is 0 Å². The Balaban J connectivity index is 2.39. The van der Waals surface area contributed by atoms with Gasteiger partial charge in [-0.2, -0.15) is 0 Å². The zero-order valence-corrected chi connectivity index (χ0v) is 6.47. The molecule has 10 heavy (non-hydrogen) atoms. The summed E-state index contributed by atoms with van der Waals surface area (Å²) < 4.78 is 0. The van der Waals surface area contributed by atoms with Gasteiger partial charge >= 0.3 is 0 Å². The zero-order chi connectivity index (χ0) is 7.61. The molecule has 4 N–H and O–H groups in total. The van der Waals surface area contributed by atoms with Gasteiger partial charge in [0.2, 0.25) is 0 Å². The van der Waals surface area contributed by atoms with Crippen molar-refractivity contribution in [1.82, 2.24) is 0 Å². The highest BCUT2D eigenvalue weighted by atomic mass is 15.0. The van der Waals surface area contributed by atoms with E-state index in [-0.39, 0.29) is 0 Å². The largest absolute Gasteiger partial charge is 0.313 e. The van der Waals surface area contributed by atoms with Crippen LogP contribution in [0.2, 0.25) is 0 Å². The Hall–Kier alpha value is -0.0800. The second-order valence-corrected chi connectivity index (χ2v) is 3.45. The smallest absolute Gasteiger partial charge is 0.0666 e. The summed E-state index contributed by atoms with van der Waals surface area (Å²) in [6, 6.07) is 0. The van der Waals surface area contributed by atoms with Gasteiger partial charge in [-0.05, 0) is 25.7 Å². The molecule has 0 heterocycles. The zero-order valence-electron chi connectivity index (χ0n) is 6.47. The molecule has 0 aliphatic heterocycles. The summed E-state index contributed by atoms with van der Waals surface area (Å²) >= 11 is 0. The number of hydrogen-bond acceptors (Lipinski definition) is 2. The minimum absolute atomic E-state index is 0.446. The van der Waals surface area contributed by atoms with Gasteiger partial charge in [-0.1, -0.05) is 19.3 Å². The van der Waals surface area contributed by atoms with Crippen LogP contribution < -0.4 is 11.5 Å². The third kappa shape index (κ3) is 1.96. The highest BCUT2D eigenvalue weighted by molar-refractivity contribution is 4.89. The number of hydrogen-bond donors (Lipinski definition) is 2. The van der Waals surface area contributed by atoms with Crippen molar-refractivity contribution in [2.45, 2.75) is 37.8 Å². The minimum atomic E-state index is -0.680. The molecule has 0 spiro atoms. The normalized spacial score (nSPS) is 23.1. The van der Waals surface area contributed by atoms with Crippen LogP contribution in [0, 0.1) is 12.8 Å². The maximum absolute atomic E-state index is 5.68. The van der Waals surface area contributed by atoms with Crippen LogP contribution in [0.4, 0.5) is 0 Å². The predicted octanol–water partition coefficient (Wildman–Crippen LogP) is 1.01. The maximum atomic E-state index is 5.68. The van der Waals surface area contributed by atoms with Crippen LogP contribution >= 0.6 is 0 Å². The summed E-state index contributed by atoms with van der Waals surface area (Å²) in [4.78, 5) is 0. The first-order chi connectivity index (χ1) is 4.61. The quantitative estimate of drug-likeness (QED) is 0.535. The molecule has 2 nitrogen and oxygen atoms in total. The van der Waals surface area contributed by atoms with E-state index in [1.54, 1.807) is 0 Å². The maximum Gasteiger partial charge on any atom is 0.0666 e. The summed E-state index contributed by atoms with van der Waals surface area (Å²) in [6.07, 6.45) is 6.21. The summed E-state index contributed by atoms with van der Waals surface area (Å²) in [5.74, 6) is 0.446. The molecule has 1 rings (SSSR count). The van der Waals surface area contributed by atoms with Crippen LogP contribution in [0.1, 0.15) is 32.1 Å². The van der Waals surface area contributed by atoms with Crippen LogP contribution in [0.25, 0.3) is 0 Å². The van der Waals surface area contributed by atoms with Gasteiger partial charge in [0, 0.05) is 0 Å². The van der Waals surface area contributed by atoms with Gasteiger partial charge in [0.25, 0.3) is 0 Å². The van der Waals surface area contributed by atoms with Crippen LogP contribution in [-0.2, 0) is 0 Å². The molecule has 0 aromatic rings. The highest BCUT2D eigenvalue weighted by Crippen LogP contribution is 2.28. The van der Waals surface area contributed by atoms with Crippen molar-refractivity contribution < 1.29 is 0 Å². The van der Waals surface area contributed by atoms with Crippen molar-refractivity contribution in [1.29, 1.82) is 0 Å². The monoisotopic (exact) mass is 141 g/mol. The SMILES string of the molecule is [CH2]C(N)(N)C1CCCCC1. The first-order valence-electron chi connectivity index (χ1n) is 4.04. The van der Waals surface area contributed by atoms with E-state index in [2.05, 4.69) is 6.92 Å². The Bertz CT molecular complexity index is 98.3. The summed E-state index contributed by atoms with van der Waals surface area (Å²) in [5, 5.41) is 0. The molecule has 1 radical (unpaired) electrons. The van der Waals surface area contributed by atoms with E-state index >= 15 is 0 Å². The molecule has 1 aliphatic rings. The molecule has 1 aliphatic carbocycles. The fraction of sp³-hybridized carbons (Fsp3) is 0.875. The van der Waals surface area contributed by atoms with Gasteiger partial charge in [-0.25, -0.2) is 0 Å². The molecule has 0 aromatic carbocycles. The lowest BCUT2D eigenvalue weighted by molar-refractivity contribution is 0.251. The molecule has 0 amide bonds. The summed E-state index contributed by atoms with van der Waals surface area (Å²) in [6.45, 7) is 3.75. The van der Waals surface area contributed by atoms with Crippen LogP contribution in [-0.4, -0.2) is 5.66 Å². The second-order valence-electron chi connectivity index (χ2n) is 3.45. The van der Waals surface area contributed by atoms with E-state index in [0.29, 0.717) is 5.92 Å². The van der Waals surface area contributed by atoms with Gasteiger partial charge < -0.3 is 11.5 Å². The first kappa shape index (κ1) is 8.02. The van der Waals surface area contributed by atoms with Crippen LogP contribution in [0.15, 0.2) is 0 Å². The van der Waals surface area contributed by atoms with Crippen molar-refractivity contribution in [2.75, 3.05) is 0 Å². The number of rotatable bonds is 1. The molecule has 2 heteroatoms. The van der Waals surface area contributed by atoms with Gasteiger partial charge in [-0.15, -0.1) is 0 Å². The molecular weight excluding hydrogens is 124 g/mol. The molecule has 0 bridgehead atoms. The fourth-order valence-electron chi connectivity index (χ4n) is 1.64. The van der Waals surface area contributed by atoms with Gasteiger partial charge in [0.05, 0.1) is 5.66 Å². The third-order valence-electron chi connectivity index (χ3n) is 2.37. The van der Waals surface area contributed by atoms with Crippen molar-refractivity contribution in [3.8, 4) is 0 Å². The minimum Gasteiger partial charge on any atom is -0.313 e. The van der Waals surface area contributed by atoms with Gasteiger partial charge in [-0.3, -0.25) is 0 Å². The Morgan fingerprint density at radius 1 is 1.10 bits per heavy atom. The van der Waals surface area contributed by atoms with E-state index in [0.717, 1.165) is 12.8 Å². The average Bonchev–Trinajstić information content (AvgIpc) is 1.88. The van der Waals surface area contributed by atoms with Crippen LogP contribution in [0.5, 0.6) is 0 Å². The fourth-order valence-corrected chi connectivity index (χ4v) is 1.64.